The second-order valence-electron chi connectivity index (χ2n) is 9.01. The first kappa shape index (κ1) is 20.2. The number of nitrogens with one attached hydrogen (secondary N) is 2. The molecule has 0 aromatic carbocycles. The molecular formula is C18H36N2O3. The predicted molar refractivity (Wildman–Crippen MR) is 93.4 cm³/mol. The summed E-state index contributed by atoms with van der Waals surface area (Å²) in [6.45, 7) is 13.3. The summed E-state index contributed by atoms with van der Waals surface area (Å²) in [4.78, 5) is 11.8. The van der Waals surface area contributed by atoms with E-state index in [0.717, 1.165) is 25.7 Å². The number of alkyl carbamates (subject to hydrolysis) is 1. The molecule has 1 aliphatic rings. The first-order valence-corrected chi connectivity index (χ1v) is 8.84. The molecule has 3 atom stereocenters. The smallest absolute Gasteiger partial charge is 0.407 e. The Morgan fingerprint density at radius 3 is 2.43 bits per heavy atom. The van der Waals surface area contributed by atoms with Crippen LogP contribution in [0.5, 0.6) is 0 Å². The lowest BCUT2D eigenvalue weighted by Crippen LogP contribution is -2.43. The van der Waals surface area contributed by atoms with Crippen LogP contribution in [0.2, 0.25) is 0 Å². The van der Waals surface area contributed by atoms with Crippen LogP contribution in [-0.4, -0.2) is 42.0 Å². The van der Waals surface area contributed by atoms with Crippen LogP contribution in [0.25, 0.3) is 0 Å². The summed E-state index contributed by atoms with van der Waals surface area (Å²) in [6.07, 6.45) is 3.47. The minimum absolute atomic E-state index is 0.133. The van der Waals surface area contributed by atoms with Crippen LogP contribution in [0.1, 0.15) is 67.2 Å². The van der Waals surface area contributed by atoms with Crippen molar-refractivity contribution in [2.24, 2.45) is 11.3 Å². The van der Waals surface area contributed by atoms with Gasteiger partial charge in [-0.2, -0.15) is 0 Å². The van der Waals surface area contributed by atoms with Gasteiger partial charge in [-0.3, -0.25) is 0 Å². The maximum absolute atomic E-state index is 11.8. The van der Waals surface area contributed by atoms with Crippen LogP contribution >= 0.6 is 0 Å². The van der Waals surface area contributed by atoms with Gasteiger partial charge < -0.3 is 20.5 Å². The summed E-state index contributed by atoms with van der Waals surface area (Å²) in [5.74, 6) is 0.407. The number of ether oxygens (including phenoxy) is 1. The Balaban J connectivity index is 2.32. The molecule has 1 aliphatic carbocycles. The van der Waals surface area contributed by atoms with Crippen molar-refractivity contribution >= 4 is 6.09 Å². The third-order valence-corrected chi connectivity index (χ3v) is 4.03. The minimum atomic E-state index is -0.464. The molecule has 1 saturated carbocycles. The molecule has 3 unspecified atom stereocenters. The molecule has 23 heavy (non-hydrogen) atoms. The third-order valence-electron chi connectivity index (χ3n) is 4.03. The molecule has 1 rings (SSSR count). The lowest BCUT2D eigenvalue weighted by Gasteiger charge is -2.26. The largest absolute Gasteiger partial charge is 0.444 e. The summed E-state index contributed by atoms with van der Waals surface area (Å²) in [7, 11) is 0. The number of carbonyl (C=O) groups is 1. The van der Waals surface area contributed by atoms with E-state index in [0.29, 0.717) is 25.0 Å². The number of aliphatic hydroxyl groups excluding tert-OH is 1. The molecule has 5 heteroatoms. The highest BCUT2D eigenvalue weighted by molar-refractivity contribution is 5.67. The number of aliphatic hydroxyl groups is 1. The first-order chi connectivity index (χ1) is 10.5. The van der Waals surface area contributed by atoms with Gasteiger partial charge >= 0.3 is 6.09 Å². The Kier molecular flexibility index (Phi) is 7.33. The van der Waals surface area contributed by atoms with Gasteiger partial charge in [0.1, 0.15) is 5.60 Å². The summed E-state index contributed by atoms with van der Waals surface area (Å²) in [6, 6.07) is 0.361. The van der Waals surface area contributed by atoms with Crippen LogP contribution in [-0.2, 0) is 4.74 Å². The van der Waals surface area contributed by atoms with E-state index >= 15 is 0 Å². The monoisotopic (exact) mass is 328 g/mol. The molecule has 5 nitrogen and oxygen atoms in total. The van der Waals surface area contributed by atoms with Crippen molar-refractivity contribution < 1.29 is 14.6 Å². The van der Waals surface area contributed by atoms with E-state index < -0.39 is 5.60 Å². The SMILES string of the molecule is CC(C)(C)CC(O)CNC1CCCC1CNC(=O)OC(C)(C)C. The van der Waals surface area contributed by atoms with E-state index in [4.69, 9.17) is 4.74 Å². The zero-order valence-electron chi connectivity index (χ0n) is 15.7. The molecule has 0 aliphatic heterocycles. The standard InChI is InChI=1S/C18H36N2O3/c1-17(2,3)10-14(21)12-19-15-9-7-8-13(15)11-20-16(22)23-18(4,5)6/h13-15,19,21H,7-12H2,1-6H3,(H,20,22). The normalized spacial score (nSPS) is 23.6. The highest BCUT2D eigenvalue weighted by atomic mass is 16.6. The fourth-order valence-electron chi connectivity index (χ4n) is 3.14. The maximum atomic E-state index is 11.8. The molecule has 0 spiro atoms. The zero-order valence-corrected chi connectivity index (χ0v) is 15.7. The van der Waals surface area contributed by atoms with Gasteiger partial charge in [0, 0.05) is 19.1 Å². The van der Waals surface area contributed by atoms with Gasteiger partial charge in [0.25, 0.3) is 0 Å². The van der Waals surface area contributed by atoms with Crippen molar-refractivity contribution in [1.82, 2.24) is 10.6 Å². The van der Waals surface area contributed by atoms with Crippen molar-refractivity contribution in [1.29, 1.82) is 0 Å². The van der Waals surface area contributed by atoms with Gasteiger partial charge in [0.15, 0.2) is 0 Å². The molecule has 0 bridgehead atoms. The van der Waals surface area contributed by atoms with Crippen LogP contribution < -0.4 is 10.6 Å². The number of carbonyl (C=O) groups excluding carboxylic acids is 1. The van der Waals surface area contributed by atoms with Gasteiger partial charge in [-0.1, -0.05) is 27.2 Å². The molecule has 0 aromatic rings. The summed E-state index contributed by atoms with van der Waals surface area (Å²) in [5.41, 5.74) is -0.330. The highest BCUT2D eigenvalue weighted by Gasteiger charge is 2.28. The van der Waals surface area contributed by atoms with E-state index in [9.17, 15) is 9.90 Å². The quantitative estimate of drug-likeness (QED) is 0.701. The number of rotatable bonds is 6. The molecule has 136 valence electrons. The lowest BCUT2D eigenvalue weighted by atomic mass is 9.89. The van der Waals surface area contributed by atoms with Crippen molar-refractivity contribution in [3.63, 3.8) is 0 Å². The van der Waals surface area contributed by atoms with E-state index in [1.165, 1.54) is 0 Å². The summed E-state index contributed by atoms with van der Waals surface area (Å²) in [5, 5.41) is 16.5. The molecule has 0 heterocycles. The first-order valence-electron chi connectivity index (χ1n) is 8.84. The van der Waals surface area contributed by atoms with Crippen LogP contribution in [0.4, 0.5) is 4.79 Å². The van der Waals surface area contributed by atoms with Crippen LogP contribution in [0.3, 0.4) is 0 Å². The third kappa shape index (κ3) is 9.16. The van der Waals surface area contributed by atoms with Crippen LogP contribution in [0.15, 0.2) is 0 Å². The molecule has 0 radical (unpaired) electrons. The van der Waals surface area contributed by atoms with Crippen molar-refractivity contribution in [2.75, 3.05) is 13.1 Å². The Labute approximate surface area is 141 Å². The van der Waals surface area contributed by atoms with Gasteiger partial charge in [-0.25, -0.2) is 4.79 Å². The Bertz CT molecular complexity index is 371. The Morgan fingerprint density at radius 2 is 1.87 bits per heavy atom. The second kappa shape index (κ2) is 8.34. The molecule has 0 saturated heterocycles. The van der Waals surface area contributed by atoms with E-state index in [-0.39, 0.29) is 17.6 Å². The van der Waals surface area contributed by atoms with E-state index in [2.05, 4.69) is 31.4 Å². The fourth-order valence-corrected chi connectivity index (χ4v) is 3.14. The summed E-state index contributed by atoms with van der Waals surface area (Å²) < 4.78 is 5.28. The number of hydrogen-bond acceptors (Lipinski definition) is 4. The topological polar surface area (TPSA) is 70.6 Å². The molecular weight excluding hydrogens is 292 g/mol. The fraction of sp³-hybridized carbons (Fsp3) is 0.944. The zero-order chi connectivity index (χ0) is 17.7. The Hall–Kier alpha value is -0.810. The number of amides is 1. The van der Waals surface area contributed by atoms with Crippen LogP contribution in [0, 0.1) is 11.3 Å². The number of hydrogen-bond donors (Lipinski definition) is 3. The second-order valence-corrected chi connectivity index (χ2v) is 9.01. The van der Waals surface area contributed by atoms with Gasteiger partial charge in [-0.05, 0) is 51.4 Å². The van der Waals surface area contributed by atoms with Gasteiger partial charge in [0.05, 0.1) is 6.10 Å². The average molecular weight is 328 g/mol. The van der Waals surface area contributed by atoms with Crippen molar-refractivity contribution in [3.8, 4) is 0 Å². The summed E-state index contributed by atoms with van der Waals surface area (Å²) >= 11 is 0. The van der Waals surface area contributed by atoms with E-state index in [1.807, 2.05) is 20.8 Å². The maximum Gasteiger partial charge on any atom is 0.407 e. The van der Waals surface area contributed by atoms with Gasteiger partial charge in [-0.15, -0.1) is 0 Å². The van der Waals surface area contributed by atoms with Gasteiger partial charge in [0.2, 0.25) is 0 Å². The Morgan fingerprint density at radius 1 is 1.22 bits per heavy atom. The molecule has 0 aromatic heterocycles. The molecule has 1 amide bonds. The predicted octanol–water partition coefficient (Wildman–Crippen LogP) is 3.07. The van der Waals surface area contributed by atoms with Crippen molar-refractivity contribution in [2.45, 2.75) is 85.0 Å². The average Bonchev–Trinajstić information content (AvgIpc) is 2.77. The van der Waals surface area contributed by atoms with Crippen molar-refractivity contribution in [3.05, 3.63) is 0 Å². The highest BCUT2D eigenvalue weighted by Crippen LogP contribution is 2.26. The minimum Gasteiger partial charge on any atom is -0.444 e. The van der Waals surface area contributed by atoms with E-state index in [1.54, 1.807) is 0 Å². The lowest BCUT2D eigenvalue weighted by molar-refractivity contribution is 0.0515. The molecule has 3 N–H and O–H groups in total. The molecule has 1 fully saturated rings.